The predicted octanol–water partition coefficient (Wildman–Crippen LogP) is 1.93. The first-order valence-electron chi connectivity index (χ1n) is 9.52. The standard InChI is InChI=1S/C20H28N2O4/c1-2-26-20(24)18-7-9-22(10-8-18)19(23)17-5-3-16(4-6-17)15-21-11-13-25-14-12-21/h3-6,18H,2,7-15H2,1H3. The number of ether oxygens (including phenoxy) is 2. The molecule has 0 spiro atoms. The van der Waals surface area contributed by atoms with Crippen LogP contribution in [0.1, 0.15) is 35.7 Å². The van der Waals surface area contributed by atoms with Gasteiger partial charge in [-0.2, -0.15) is 0 Å². The Morgan fingerprint density at radius 2 is 1.73 bits per heavy atom. The summed E-state index contributed by atoms with van der Waals surface area (Å²) in [5.41, 5.74) is 1.93. The Balaban J connectivity index is 1.51. The number of amides is 1. The molecule has 1 amide bonds. The molecule has 2 saturated heterocycles. The monoisotopic (exact) mass is 360 g/mol. The van der Waals surface area contributed by atoms with Crippen LogP contribution in [0.25, 0.3) is 0 Å². The Hall–Kier alpha value is -1.92. The third-order valence-electron chi connectivity index (χ3n) is 5.11. The van der Waals surface area contributed by atoms with E-state index in [1.165, 1.54) is 5.56 Å². The number of carbonyl (C=O) groups is 2. The maximum atomic E-state index is 12.7. The Morgan fingerprint density at radius 1 is 1.08 bits per heavy atom. The zero-order valence-corrected chi connectivity index (χ0v) is 15.5. The van der Waals surface area contributed by atoms with Gasteiger partial charge < -0.3 is 14.4 Å². The van der Waals surface area contributed by atoms with E-state index in [-0.39, 0.29) is 17.8 Å². The molecule has 0 aliphatic carbocycles. The van der Waals surface area contributed by atoms with Gasteiger partial charge in [0.1, 0.15) is 0 Å². The van der Waals surface area contributed by atoms with Crippen molar-refractivity contribution in [3.8, 4) is 0 Å². The van der Waals surface area contributed by atoms with Gasteiger partial charge in [0.2, 0.25) is 0 Å². The Labute approximate surface area is 155 Å². The second-order valence-electron chi connectivity index (χ2n) is 6.90. The molecule has 0 atom stereocenters. The largest absolute Gasteiger partial charge is 0.466 e. The van der Waals surface area contributed by atoms with Crippen LogP contribution in [0.3, 0.4) is 0 Å². The summed E-state index contributed by atoms with van der Waals surface area (Å²) >= 11 is 0. The molecule has 1 aromatic rings. The van der Waals surface area contributed by atoms with Crippen LogP contribution >= 0.6 is 0 Å². The minimum atomic E-state index is -0.132. The van der Waals surface area contributed by atoms with E-state index in [4.69, 9.17) is 9.47 Å². The Kier molecular flexibility index (Phi) is 6.63. The maximum absolute atomic E-state index is 12.7. The molecule has 2 aliphatic rings. The number of esters is 1. The Bertz CT molecular complexity index is 603. The summed E-state index contributed by atoms with van der Waals surface area (Å²) in [6.07, 6.45) is 1.36. The average Bonchev–Trinajstić information content (AvgIpc) is 2.69. The summed E-state index contributed by atoms with van der Waals surface area (Å²) in [4.78, 5) is 28.7. The van der Waals surface area contributed by atoms with Gasteiger partial charge in [0.05, 0.1) is 25.7 Å². The number of hydrogen-bond acceptors (Lipinski definition) is 5. The van der Waals surface area contributed by atoms with Crippen molar-refractivity contribution >= 4 is 11.9 Å². The minimum absolute atomic E-state index is 0.0465. The summed E-state index contributed by atoms with van der Waals surface area (Å²) in [6.45, 7) is 7.83. The third kappa shape index (κ3) is 4.83. The number of rotatable bonds is 5. The van der Waals surface area contributed by atoms with Crippen molar-refractivity contribution in [2.75, 3.05) is 46.0 Å². The molecular formula is C20H28N2O4. The van der Waals surface area contributed by atoms with E-state index in [2.05, 4.69) is 4.90 Å². The van der Waals surface area contributed by atoms with Gasteiger partial charge in [0.15, 0.2) is 0 Å². The summed E-state index contributed by atoms with van der Waals surface area (Å²) in [7, 11) is 0. The molecule has 0 saturated carbocycles. The van der Waals surface area contributed by atoms with E-state index in [1.807, 2.05) is 36.1 Å². The fourth-order valence-electron chi connectivity index (χ4n) is 3.53. The zero-order chi connectivity index (χ0) is 18.4. The molecule has 142 valence electrons. The molecule has 2 fully saturated rings. The summed E-state index contributed by atoms with van der Waals surface area (Å²) in [5, 5.41) is 0. The van der Waals surface area contributed by atoms with Crippen molar-refractivity contribution in [2.45, 2.75) is 26.3 Å². The highest BCUT2D eigenvalue weighted by Gasteiger charge is 2.28. The number of benzene rings is 1. The molecule has 6 heteroatoms. The highest BCUT2D eigenvalue weighted by molar-refractivity contribution is 5.94. The van der Waals surface area contributed by atoms with Gasteiger partial charge in [0.25, 0.3) is 5.91 Å². The molecule has 0 N–H and O–H groups in total. The van der Waals surface area contributed by atoms with Crippen LogP contribution in [0.5, 0.6) is 0 Å². The van der Waals surface area contributed by atoms with Gasteiger partial charge >= 0.3 is 5.97 Å². The lowest BCUT2D eigenvalue weighted by atomic mass is 9.96. The summed E-state index contributed by atoms with van der Waals surface area (Å²) in [5.74, 6) is -0.160. The van der Waals surface area contributed by atoms with Crippen LogP contribution in [0.2, 0.25) is 0 Å². The minimum Gasteiger partial charge on any atom is -0.466 e. The molecule has 2 heterocycles. The lowest BCUT2D eigenvalue weighted by molar-refractivity contribution is -0.149. The van der Waals surface area contributed by atoms with E-state index in [9.17, 15) is 9.59 Å². The smallest absolute Gasteiger partial charge is 0.309 e. The third-order valence-corrected chi connectivity index (χ3v) is 5.11. The molecule has 0 radical (unpaired) electrons. The van der Waals surface area contributed by atoms with Crippen molar-refractivity contribution < 1.29 is 19.1 Å². The van der Waals surface area contributed by atoms with Crippen molar-refractivity contribution in [1.82, 2.24) is 9.80 Å². The molecule has 1 aromatic carbocycles. The van der Waals surface area contributed by atoms with Crippen molar-refractivity contribution in [3.63, 3.8) is 0 Å². The van der Waals surface area contributed by atoms with Gasteiger partial charge in [0, 0.05) is 38.3 Å². The van der Waals surface area contributed by atoms with Crippen molar-refractivity contribution in [1.29, 1.82) is 0 Å². The molecular weight excluding hydrogens is 332 g/mol. The first-order chi connectivity index (χ1) is 12.7. The van der Waals surface area contributed by atoms with Gasteiger partial charge in [-0.3, -0.25) is 14.5 Å². The molecule has 0 aromatic heterocycles. The maximum Gasteiger partial charge on any atom is 0.309 e. The number of piperidine rings is 1. The average molecular weight is 360 g/mol. The van der Waals surface area contributed by atoms with Crippen LogP contribution in [0.15, 0.2) is 24.3 Å². The molecule has 3 rings (SSSR count). The predicted molar refractivity (Wildman–Crippen MR) is 97.8 cm³/mol. The highest BCUT2D eigenvalue weighted by atomic mass is 16.5. The fraction of sp³-hybridized carbons (Fsp3) is 0.600. The van der Waals surface area contributed by atoms with Crippen molar-refractivity contribution in [3.05, 3.63) is 35.4 Å². The second-order valence-corrected chi connectivity index (χ2v) is 6.90. The van der Waals surface area contributed by atoms with Gasteiger partial charge in [-0.25, -0.2) is 0 Å². The molecule has 26 heavy (non-hydrogen) atoms. The van der Waals surface area contributed by atoms with Gasteiger partial charge in [-0.15, -0.1) is 0 Å². The van der Waals surface area contributed by atoms with Crippen LogP contribution < -0.4 is 0 Å². The van der Waals surface area contributed by atoms with E-state index in [0.717, 1.165) is 32.8 Å². The van der Waals surface area contributed by atoms with E-state index in [1.54, 1.807) is 0 Å². The SMILES string of the molecule is CCOC(=O)C1CCN(C(=O)c2ccc(CN3CCOCC3)cc2)CC1. The van der Waals surface area contributed by atoms with Crippen molar-refractivity contribution in [2.24, 2.45) is 5.92 Å². The van der Waals surface area contributed by atoms with Crippen LogP contribution in [-0.4, -0.2) is 67.7 Å². The first kappa shape index (κ1) is 18.9. The van der Waals surface area contributed by atoms with Gasteiger partial charge in [-0.1, -0.05) is 12.1 Å². The number of carbonyl (C=O) groups excluding carboxylic acids is 2. The van der Waals surface area contributed by atoms with Crippen LogP contribution in [0, 0.1) is 5.92 Å². The molecule has 0 unspecified atom stereocenters. The second kappa shape index (κ2) is 9.14. The molecule has 6 nitrogen and oxygen atoms in total. The Morgan fingerprint density at radius 3 is 2.35 bits per heavy atom. The first-order valence-corrected chi connectivity index (χ1v) is 9.52. The number of nitrogens with zero attached hydrogens (tertiary/aromatic N) is 2. The lowest BCUT2D eigenvalue weighted by Gasteiger charge is -2.31. The number of morpholine rings is 1. The van der Waals surface area contributed by atoms with Gasteiger partial charge in [-0.05, 0) is 37.5 Å². The zero-order valence-electron chi connectivity index (χ0n) is 15.5. The molecule has 0 bridgehead atoms. The van der Waals surface area contributed by atoms with E-state index < -0.39 is 0 Å². The highest BCUT2D eigenvalue weighted by Crippen LogP contribution is 2.21. The van der Waals surface area contributed by atoms with Crippen LogP contribution in [-0.2, 0) is 20.8 Å². The molecule has 2 aliphatic heterocycles. The number of likely N-dealkylation sites (tertiary alicyclic amines) is 1. The van der Waals surface area contributed by atoms with E-state index in [0.29, 0.717) is 38.1 Å². The summed E-state index contributed by atoms with van der Waals surface area (Å²) in [6, 6.07) is 7.90. The summed E-state index contributed by atoms with van der Waals surface area (Å²) < 4.78 is 10.5. The van der Waals surface area contributed by atoms with E-state index >= 15 is 0 Å². The normalized spacial score (nSPS) is 19.3. The number of hydrogen-bond donors (Lipinski definition) is 0. The topological polar surface area (TPSA) is 59.1 Å². The fourth-order valence-corrected chi connectivity index (χ4v) is 3.53. The van der Waals surface area contributed by atoms with Crippen LogP contribution in [0.4, 0.5) is 0 Å². The quantitative estimate of drug-likeness (QED) is 0.751. The lowest BCUT2D eigenvalue weighted by Crippen LogP contribution is -2.40.